The molecule has 38 heavy (non-hydrogen) atoms. The second-order valence-corrected chi connectivity index (χ2v) is 9.69. The van der Waals surface area contributed by atoms with E-state index in [4.69, 9.17) is 4.98 Å². The number of carbonyl (C=O) groups is 1. The Hall–Kier alpha value is -4.33. The average Bonchev–Trinajstić information content (AvgIpc) is 3.44. The third kappa shape index (κ3) is 4.81. The zero-order chi connectivity index (χ0) is 27.0. The fourth-order valence-corrected chi connectivity index (χ4v) is 4.79. The number of rotatable bonds is 7. The van der Waals surface area contributed by atoms with Crippen molar-refractivity contribution in [3.63, 3.8) is 0 Å². The Morgan fingerprint density at radius 3 is 2.34 bits per heavy atom. The summed E-state index contributed by atoms with van der Waals surface area (Å²) in [6.07, 6.45) is 2.12. The first-order valence-electron chi connectivity index (χ1n) is 12.8. The molecule has 8 heteroatoms. The highest BCUT2D eigenvalue weighted by Gasteiger charge is 2.22. The molecule has 5 aromatic rings. The van der Waals surface area contributed by atoms with E-state index in [1.54, 1.807) is 27.4 Å². The first-order chi connectivity index (χ1) is 18.2. The lowest BCUT2D eigenvalue weighted by Gasteiger charge is -2.16. The molecule has 0 bridgehead atoms. The Morgan fingerprint density at radius 1 is 1.00 bits per heavy atom. The van der Waals surface area contributed by atoms with Crippen molar-refractivity contribution < 1.29 is 9.18 Å². The lowest BCUT2D eigenvalue weighted by Crippen LogP contribution is -2.28. The molecule has 1 unspecified atom stereocenters. The molecule has 0 spiro atoms. The number of hydrogen-bond acceptors (Lipinski definition) is 4. The molecular formula is C30H31FN6O. The van der Waals surface area contributed by atoms with Crippen LogP contribution in [0.2, 0.25) is 0 Å². The number of hydrogen-bond donors (Lipinski definition) is 1. The molecule has 2 aromatic carbocycles. The van der Waals surface area contributed by atoms with Gasteiger partial charge in [0, 0.05) is 29.9 Å². The van der Waals surface area contributed by atoms with Gasteiger partial charge < -0.3 is 5.32 Å². The van der Waals surface area contributed by atoms with Crippen LogP contribution in [0, 0.1) is 19.7 Å². The van der Waals surface area contributed by atoms with Crippen LogP contribution in [0.4, 0.5) is 4.39 Å². The van der Waals surface area contributed by atoms with Crippen molar-refractivity contribution in [2.45, 2.75) is 46.6 Å². The molecule has 7 nitrogen and oxygen atoms in total. The van der Waals surface area contributed by atoms with Crippen molar-refractivity contribution in [3.8, 4) is 22.5 Å². The van der Waals surface area contributed by atoms with E-state index in [1.807, 2.05) is 33.9 Å². The minimum absolute atomic E-state index is 0.209. The van der Waals surface area contributed by atoms with Gasteiger partial charge in [-0.25, -0.2) is 13.9 Å². The Labute approximate surface area is 221 Å². The maximum Gasteiger partial charge on any atom is 0.270 e. The monoisotopic (exact) mass is 510 g/mol. The van der Waals surface area contributed by atoms with Crippen LogP contribution >= 0.6 is 0 Å². The van der Waals surface area contributed by atoms with E-state index < -0.39 is 0 Å². The van der Waals surface area contributed by atoms with Crippen molar-refractivity contribution in [1.29, 1.82) is 0 Å². The highest BCUT2D eigenvalue weighted by Crippen LogP contribution is 2.28. The molecule has 0 aliphatic heterocycles. The van der Waals surface area contributed by atoms with Gasteiger partial charge in [-0.3, -0.25) is 9.48 Å². The normalized spacial score (nSPS) is 12.2. The molecule has 0 fully saturated rings. The van der Waals surface area contributed by atoms with E-state index in [9.17, 15) is 9.18 Å². The summed E-state index contributed by atoms with van der Waals surface area (Å²) in [4.78, 5) is 18.5. The highest BCUT2D eigenvalue weighted by atomic mass is 19.1. The molecule has 1 amide bonds. The Kier molecular flexibility index (Phi) is 6.80. The predicted molar refractivity (Wildman–Crippen MR) is 146 cm³/mol. The number of nitrogens with one attached hydrogen (secondary N) is 1. The van der Waals surface area contributed by atoms with E-state index >= 15 is 0 Å². The van der Waals surface area contributed by atoms with Crippen LogP contribution < -0.4 is 5.32 Å². The van der Waals surface area contributed by atoms with E-state index in [-0.39, 0.29) is 17.8 Å². The maximum absolute atomic E-state index is 13.7. The van der Waals surface area contributed by atoms with Crippen LogP contribution in [-0.4, -0.2) is 30.3 Å². The molecule has 0 aliphatic carbocycles. The number of carbonyl (C=O) groups excluding carboxylic acids is 1. The summed E-state index contributed by atoms with van der Waals surface area (Å²) in [5.41, 5.74) is 7.82. The Bertz CT molecular complexity index is 1620. The molecule has 0 aliphatic rings. The van der Waals surface area contributed by atoms with Crippen LogP contribution in [0.25, 0.3) is 28.2 Å². The second kappa shape index (κ2) is 10.2. The Morgan fingerprint density at radius 2 is 1.71 bits per heavy atom. The van der Waals surface area contributed by atoms with Crippen LogP contribution in [-0.2, 0) is 13.5 Å². The molecule has 0 saturated carbocycles. The largest absolute Gasteiger partial charge is 0.344 e. The summed E-state index contributed by atoms with van der Waals surface area (Å²) in [5.74, 6) is -0.589. The predicted octanol–water partition coefficient (Wildman–Crippen LogP) is 6.00. The lowest BCUT2D eigenvalue weighted by molar-refractivity contribution is 0.0932. The third-order valence-electron chi connectivity index (χ3n) is 6.93. The lowest BCUT2D eigenvalue weighted by atomic mass is 10.0. The number of aromatic nitrogens is 5. The molecule has 0 radical (unpaired) electrons. The molecule has 3 heterocycles. The van der Waals surface area contributed by atoms with Crippen molar-refractivity contribution in [2.75, 3.05) is 0 Å². The number of benzene rings is 2. The maximum atomic E-state index is 13.7. The first-order valence-corrected chi connectivity index (χ1v) is 12.8. The third-order valence-corrected chi connectivity index (χ3v) is 6.93. The van der Waals surface area contributed by atoms with Crippen LogP contribution in [0.15, 0.2) is 60.7 Å². The number of halogens is 1. The summed E-state index contributed by atoms with van der Waals surface area (Å²) in [5, 5.41) is 12.3. The summed E-state index contributed by atoms with van der Waals surface area (Å²) in [6, 6.07) is 17.8. The van der Waals surface area contributed by atoms with Crippen LogP contribution in [0.5, 0.6) is 0 Å². The van der Waals surface area contributed by atoms with Gasteiger partial charge in [0.1, 0.15) is 11.5 Å². The summed E-state index contributed by atoms with van der Waals surface area (Å²) < 4.78 is 16.9. The quantitative estimate of drug-likeness (QED) is 0.292. The van der Waals surface area contributed by atoms with Gasteiger partial charge in [-0.2, -0.15) is 10.2 Å². The molecule has 3 aromatic heterocycles. The molecule has 194 valence electrons. The molecule has 1 N–H and O–H groups in total. The van der Waals surface area contributed by atoms with Crippen molar-refractivity contribution in [1.82, 2.24) is 29.7 Å². The fourth-order valence-electron chi connectivity index (χ4n) is 4.79. The standard InChI is InChI=1S/C30H31FN6O/c1-6-7-21-8-10-22(11-9-21)18(2)32-30(38)27-16-26(29-19(3)34-36(5)20(29)4)33-28-17-25(35-37(27)28)23-12-14-24(31)15-13-23/h8-18H,6-7H2,1-5H3,(H,32,38). The number of amides is 1. The average molecular weight is 511 g/mol. The van der Waals surface area contributed by atoms with Gasteiger partial charge >= 0.3 is 0 Å². The smallest absolute Gasteiger partial charge is 0.270 e. The van der Waals surface area contributed by atoms with Gasteiger partial charge in [0.15, 0.2) is 5.65 Å². The van der Waals surface area contributed by atoms with Gasteiger partial charge in [0.25, 0.3) is 5.91 Å². The Balaban J connectivity index is 1.57. The molecule has 5 rings (SSSR count). The van der Waals surface area contributed by atoms with E-state index in [1.165, 1.54) is 17.7 Å². The van der Waals surface area contributed by atoms with Gasteiger partial charge in [-0.15, -0.1) is 0 Å². The van der Waals surface area contributed by atoms with E-state index in [0.717, 1.165) is 40.9 Å². The topological polar surface area (TPSA) is 77.1 Å². The minimum atomic E-state index is -0.322. The van der Waals surface area contributed by atoms with E-state index in [2.05, 4.69) is 46.7 Å². The molecule has 1 atom stereocenters. The summed E-state index contributed by atoms with van der Waals surface area (Å²) in [6.45, 7) is 8.03. The SMILES string of the molecule is CCCc1ccc(C(C)NC(=O)c2cc(-c3c(C)nn(C)c3C)nc3cc(-c4ccc(F)cc4)nn23)cc1. The number of nitrogens with zero attached hydrogens (tertiary/aromatic N) is 5. The zero-order valence-electron chi connectivity index (χ0n) is 22.3. The van der Waals surface area contributed by atoms with Crippen molar-refractivity contribution >= 4 is 11.6 Å². The molecule has 0 saturated heterocycles. The van der Waals surface area contributed by atoms with Gasteiger partial charge in [-0.1, -0.05) is 37.6 Å². The van der Waals surface area contributed by atoms with Crippen LogP contribution in [0.1, 0.15) is 59.3 Å². The number of fused-ring (bicyclic) bond motifs is 1. The van der Waals surface area contributed by atoms with Crippen molar-refractivity contribution in [2.24, 2.45) is 7.05 Å². The number of aryl methyl sites for hydroxylation is 3. The van der Waals surface area contributed by atoms with E-state index in [0.29, 0.717) is 22.7 Å². The second-order valence-electron chi connectivity index (χ2n) is 9.69. The van der Waals surface area contributed by atoms with Crippen LogP contribution in [0.3, 0.4) is 0 Å². The molecular weight excluding hydrogens is 479 g/mol. The van der Waals surface area contributed by atoms with Crippen molar-refractivity contribution in [3.05, 3.63) is 94.7 Å². The first kappa shape index (κ1) is 25.3. The summed E-state index contributed by atoms with van der Waals surface area (Å²) >= 11 is 0. The fraction of sp³-hybridized carbons (Fsp3) is 0.267. The summed E-state index contributed by atoms with van der Waals surface area (Å²) in [7, 11) is 1.89. The van der Waals surface area contributed by atoms with Gasteiger partial charge in [0.05, 0.1) is 23.1 Å². The minimum Gasteiger partial charge on any atom is -0.344 e. The van der Waals surface area contributed by atoms with Gasteiger partial charge in [-0.05, 0) is 68.7 Å². The highest BCUT2D eigenvalue weighted by molar-refractivity contribution is 5.95. The zero-order valence-corrected chi connectivity index (χ0v) is 22.3. The van der Waals surface area contributed by atoms with Gasteiger partial charge in [0.2, 0.25) is 0 Å².